The van der Waals surface area contributed by atoms with Gasteiger partial charge in [0.05, 0.1) is 11.1 Å². The van der Waals surface area contributed by atoms with E-state index >= 15 is 0 Å². The summed E-state index contributed by atoms with van der Waals surface area (Å²) in [5, 5.41) is 16.7. The average Bonchev–Trinajstić information content (AvgIpc) is 2.22. The Balaban J connectivity index is 5.89. The third-order valence-corrected chi connectivity index (χ3v) is 1.74. The average molecular weight is 280 g/mol. The normalized spacial score (nSPS) is 16.4. The van der Waals surface area contributed by atoms with Crippen LogP contribution in [0.15, 0.2) is 11.1 Å². The van der Waals surface area contributed by atoms with Crippen LogP contribution in [0.4, 0.5) is 26.3 Å². The Bertz CT molecular complexity index is 333. The molecule has 104 valence electrons. The van der Waals surface area contributed by atoms with Crippen molar-refractivity contribution in [1.29, 1.82) is 0 Å². The molecule has 4 nitrogen and oxygen atoms in total. The van der Waals surface area contributed by atoms with Gasteiger partial charge >= 0.3 is 11.9 Å². The number of halogens is 6. The van der Waals surface area contributed by atoms with Crippen molar-refractivity contribution in [2.24, 2.45) is 0 Å². The topological polar surface area (TPSA) is 74.6 Å². The zero-order chi connectivity index (χ0) is 14.6. The van der Waals surface area contributed by atoms with Gasteiger partial charge in [0, 0.05) is 0 Å². The second kappa shape index (κ2) is 6.26. The van der Waals surface area contributed by atoms with Gasteiger partial charge in [-0.3, -0.25) is 0 Å². The zero-order valence-electron chi connectivity index (χ0n) is 8.29. The van der Waals surface area contributed by atoms with Crippen LogP contribution in [0.3, 0.4) is 0 Å². The lowest BCUT2D eigenvalue weighted by Crippen LogP contribution is -2.31. The molecular formula is C8H6F6O4. The predicted molar refractivity (Wildman–Crippen MR) is 44.1 cm³/mol. The first-order chi connectivity index (χ1) is 8.11. The lowest BCUT2D eigenvalue weighted by Gasteiger charge is -2.15. The minimum absolute atomic E-state index is 2.23. The Morgan fingerprint density at radius 3 is 1.00 bits per heavy atom. The second-order valence-corrected chi connectivity index (χ2v) is 2.91. The summed E-state index contributed by atoms with van der Waals surface area (Å²) in [6.45, 7) is 0. The largest absolute Gasteiger partial charge is 0.478 e. The van der Waals surface area contributed by atoms with E-state index in [1.807, 2.05) is 0 Å². The highest BCUT2D eigenvalue weighted by Gasteiger charge is 2.40. The number of hydrogen-bond donors (Lipinski definition) is 2. The Morgan fingerprint density at radius 2 is 0.889 bits per heavy atom. The van der Waals surface area contributed by atoms with E-state index in [9.17, 15) is 35.9 Å². The number of hydrogen-bond acceptors (Lipinski definition) is 2. The van der Waals surface area contributed by atoms with E-state index in [0.717, 1.165) is 0 Å². The molecule has 0 radical (unpaired) electrons. The van der Waals surface area contributed by atoms with Crippen LogP contribution in [0, 0.1) is 0 Å². The van der Waals surface area contributed by atoms with Crippen molar-refractivity contribution in [2.45, 2.75) is 25.2 Å². The molecule has 0 bridgehead atoms. The summed E-state index contributed by atoms with van der Waals surface area (Å²) in [6.07, 6.45) is -15.4. The zero-order valence-corrected chi connectivity index (χ0v) is 8.29. The Kier molecular flexibility index (Phi) is 5.66. The Morgan fingerprint density at radius 1 is 0.667 bits per heavy atom. The molecular weight excluding hydrogens is 274 g/mol. The minimum atomic E-state index is -3.99. The molecule has 0 aliphatic heterocycles. The molecule has 0 aliphatic rings. The fraction of sp³-hybridized carbons (Fsp3) is 0.500. The standard InChI is InChI=1S/C8H6F6O4/c9-3(5(11)12)1(7(15)16)2(8(17)18)4(10)6(13)14/h3-6H,(H,15,16)(H,17,18). The minimum Gasteiger partial charge on any atom is -0.478 e. The van der Waals surface area contributed by atoms with Crippen molar-refractivity contribution in [2.75, 3.05) is 0 Å². The molecule has 2 N–H and O–H groups in total. The quantitative estimate of drug-likeness (QED) is 0.573. The third kappa shape index (κ3) is 3.64. The van der Waals surface area contributed by atoms with Gasteiger partial charge in [-0.05, 0) is 0 Å². The summed E-state index contributed by atoms with van der Waals surface area (Å²) in [5.41, 5.74) is -4.46. The Labute approximate surface area is 95.5 Å². The SMILES string of the molecule is O=C(O)C(=C(C(=O)O)C(F)C(F)F)C(F)C(F)F. The van der Waals surface area contributed by atoms with E-state index in [1.165, 1.54) is 0 Å². The van der Waals surface area contributed by atoms with Crippen molar-refractivity contribution in [3.05, 3.63) is 11.1 Å². The summed E-state index contributed by atoms with van der Waals surface area (Å²) >= 11 is 0. The number of aliphatic carboxylic acids is 2. The molecule has 0 aromatic carbocycles. The van der Waals surface area contributed by atoms with Gasteiger partial charge in [-0.2, -0.15) is 0 Å². The lowest BCUT2D eigenvalue weighted by molar-refractivity contribution is -0.138. The molecule has 0 rings (SSSR count). The van der Waals surface area contributed by atoms with E-state index in [1.54, 1.807) is 0 Å². The van der Waals surface area contributed by atoms with Crippen LogP contribution in [0.5, 0.6) is 0 Å². The number of carboxylic acid groups (broad SMARTS) is 2. The molecule has 0 aromatic rings. The monoisotopic (exact) mass is 280 g/mol. The number of carboxylic acids is 2. The van der Waals surface area contributed by atoms with Crippen LogP contribution < -0.4 is 0 Å². The fourth-order valence-corrected chi connectivity index (χ4v) is 1.02. The molecule has 0 fully saturated rings. The van der Waals surface area contributed by atoms with Crippen LogP contribution in [0.2, 0.25) is 0 Å². The van der Waals surface area contributed by atoms with Gasteiger partial charge < -0.3 is 10.2 Å². The summed E-state index contributed by atoms with van der Waals surface area (Å²) in [4.78, 5) is 20.8. The van der Waals surface area contributed by atoms with E-state index in [4.69, 9.17) is 10.2 Å². The van der Waals surface area contributed by atoms with E-state index < -0.39 is 48.3 Å². The van der Waals surface area contributed by atoms with Gasteiger partial charge in [0.15, 0.2) is 12.3 Å². The van der Waals surface area contributed by atoms with E-state index in [-0.39, 0.29) is 0 Å². The molecule has 18 heavy (non-hydrogen) atoms. The molecule has 2 unspecified atom stereocenters. The molecule has 2 atom stereocenters. The van der Waals surface area contributed by atoms with Gasteiger partial charge in [0.2, 0.25) is 0 Å². The molecule has 10 heteroatoms. The van der Waals surface area contributed by atoms with Gasteiger partial charge in [0.1, 0.15) is 0 Å². The second-order valence-electron chi connectivity index (χ2n) is 2.91. The third-order valence-electron chi connectivity index (χ3n) is 1.74. The fourth-order valence-electron chi connectivity index (χ4n) is 1.02. The number of rotatable bonds is 6. The molecule has 0 aliphatic carbocycles. The molecule has 0 saturated heterocycles. The van der Waals surface area contributed by atoms with Gasteiger partial charge in [0.25, 0.3) is 12.9 Å². The van der Waals surface area contributed by atoms with Crippen molar-refractivity contribution in [1.82, 2.24) is 0 Å². The first-order valence-electron chi connectivity index (χ1n) is 4.16. The Hall–Kier alpha value is -1.74. The molecule has 0 amide bonds. The van der Waals surface area contributed by atoms with Crippen molar-refractivity contribution in [3.63, 3.8) is 0 Å². The first kappa shape index (κ1) is 16.3. The van der Waals surface area contributed by atoms with Gasteiger partial charge in [-0.1, -0.05) is 0 Å². The maximum absolute atomic E-state index is 12.8. The smallest absolute Gasteiger partial charge is 0.335 e. The number of alkyl halides is 6. The molecule has 0 heterocycles. The number of carbonyl (C=O) groups is 2. The molecule has 0 spiro atoms. The van der Waals surface area contributed by atoms with Crippen LogP contribution >= 0.6 is 0 Å². The highest BCUT2D eigenvalue weighted by molar-refractivity contribution is 6.00. The van der Waals surface area contributed by atoms with E-state index in [2.05, 4.69) is 0 Å². The highest BCUT2D eigenvalue weighted by Crippen LogP contribution is 2.25. The summed E-state index contributed by atoms with van der Waals surface area (Å²) < 4.78 is 73.4. The van der Waals surface area contributed by atoms with Crippen molar-refractivity contribution >= 4 is 11.9 Å². The van der Waals surface area contributed by atoms with Gasteiger partial charge in [-0.25, -0.2) is 35.9 Å². The summed E-state index contributed by atoms with van der Waals surface area (Å²) in [7, 11) is 0. The van der Waals surface area contributed by atoms with Crippen molar-refractivity contribution < 1.29 is 46.1 Å². The predicted octanol–water partition coefficient (Wildman–Crippen LogP) is 1.66. The maximum Gasteiger partial charge on any atom is 0.335 e. The van der Waals surface area contributed by atoms with Crippen LogP contribution in [-0.2, 0) is 9.59 Å². The summed E-state index contributed by atoms with van der Waals surface area (Å²) in [6, 6.07) is 0. The van der Waals surface area contributed by atoms with Gasteiger partial charge in [-0.15, -0.1) is 0 Å². The van der Waals surface area contributed by atoms with Crippen LogP contribution in [0.25, 0.3) is 0 Å². The first-order valence-corrected chi connectivity index (χ1v) is 4.16. The van der Waals surface area contributed by atoms with Crippen LogP contribution in [-0.4, -0.2) is 47.3 Å². The van der Waals surface area contributed by atoms with Crippen molar-refractivity contribution in [3.8, 4) is 0 Å². The van der Waals surface area contributed by atoms with Crippen LogP contribution in [0.1, 0.15) is 0 Å². The maximum atomic E-state index is 12.8. The highest BCUT2D eigenvalue weighted by atomic mass is 19.3. The molecule has 0 aromatic heterocycles. The summed E-state index contributed by atoms with van der Waals surface area (Å²) in [5.74, 6) is -5.10. The lowest BCUT2D eigenvalue weighted by atomic mass is 10.00. The molecule has 0 saturated carbocycles. The van der Waals surface area contributed by atoms with E-state index in [0.29, 0.717) is 0 Å².